The van der Waals surface area contributed by atoms with Gasteiger partial charge in [0.15, 0.2) is 0 Å². The predicted octanol–water partition coefficient (Wildman–Crippen LogP) is 3.27. The number of hydrogen-bond acceptors (Lipinski definition) is 5. The standard InChI is InChI=1S/C17H26N4O.C2H6.H2/c1-4-13-12-8-22-9-15-14-6-5-11(18-14)7-21(15)17(12)20-16(19-13)10(2)3;1-2;/h10-11,14-15,18H,4-9H2,1-3H3;1-2H3;1H/t11-,14+,15?;;/m0../s1. The van der Waals surface area contributed by atoms with Gasteiger partial charge in [-0.15, -0.1) is 0 Å². The van der Waals surface area contributed by atoms with Gasteiger partial charge in [-0.05, 0) is 19.3 Å². The molecule has 2 saturated heterocycles. The van der Waals surface area contributed by atoms with E-state index in [-0.39, 0.29) is 1.43 Å². The van der Waals surface area contributed by atoms with E-state index < -0.39 is 0 Å². The van der Waals surface area contributed by atoms with Crippen LogP contribution in [0.15, 0.2) is 0 Å². The van der Waals surface area contributed by atoms with Gasteiger partial charge < -0.3 is 15.0 Å². The summed E-state index contributed by atoms with van der Waals surface area (Å²) in [7, 11) is 0. The second kappa shape index (κ2) is 7.36. The average molecular weight is 335 g/mol. The average Bonchev–Trinajstić information content (AvgIpc) is 2.89. The summed E-state index contributed by atoms with van der Waals surface area (Å²) in [5.74, 6) is 2.48. The van der Waals surface area contributed by atoms with Crippen molar-refractivity contribution in [2.75, 3.05) is 18.1 Å². The highest BCUT2D eigenvalue weighted by Gasteiger charge is 2.43. The molecule has 136 valence electrons. The molecule has 0 aliphatic carbocycles. The van der Waals surface area contributed by atoms with Crippen LogP contribution in [-0.4, -0.2) is 41.2 Å². The van der Waals surface area contributed by atoms with E-state index in [1.807, 2.05) is 13.8 Å². The number of aryl methyl sites for hydroxylation is 1. The van der Waals surface area contributed by atoms with Gasteiger partial charge in [0, 0.05) is 31.5 Å². The Kier molecular flexibility index (Phi) is 5.40. The Morgan fingerprint density at radius 3 is 2.79 bits per heavy atom. The van der Waals surface area contributed by atoms with Gasteiger partial charge in [-0.2, -0.15) is 0 Å². The molecule has 3 atom stereocenters. The van der Waals surface area contributed by atoms with Crippen molar-refractivity contribution >= 4 is 5.82 Å². The fourth-order valence-electron chi connectivity index (χ4n) is 4.09. The van der Waals surface area contributed by atoms with E-state index in [1.54, 1.807) is 0 Å². The lowest BCUT2D eigenvalue weighted by Crippen LogP contribution is -2.59. The fraction of sp³-hybridized carbons (Fsp3) is 0.789. The van der Waals surface area contributed by atoms with Gasteiger partial charge in [0.25, 0.3) is 0 Å². The summed E-state index contributed by atoms with van der Waals surface area (Å²) in [5.41, 5.74) is 2.39. The first-order chi connectivity index (χ1) is 11.7. The van der Waals surface area contributed by atoms with E-state index in [0.29, 0.717) is 30.7 Å². The molecule has 1 aromatic rings. The molecule has 24 heavy (non-hydrogen) atoms. The van der Waals surface area contributed by atoms with Crippen molar-refractivity contribution in [2.45, 2.75) is 84.5 Å². The summed E-state index contributed by atoms with van der Waals surface area (Å²) < 4.78 is 6.02. The normalized spacial score (nSPS) is 27.9. The van der Waals surface area contributed by atoms with E-state index >= 15 is 0 Å². The first-order valence-corrected chi connectivity index (χ1v) is 9.67. The molecule has 3 aliphatic rings. The maximum absolute atomic E-state index is 6.02. The summed E-state index contributed by atoms with van der Waals surface area (Å²) in [6.07, 6.45) is 3.47. The number of aromatic nitrogens is 2. The predicted molar refractivity (Wildman–Crippen MR) is 99.7 cm³/mol. The molecule has 2 fully saturated rings. The molecule has 0 saturated carbocycles. The lowest BCUT2D eigenvalue weighted by atomic mass is 10.0. The smallest absolute Gasteiger partial charge is 0.138 e. The zero-order valence-corrected chi connectivity index (χ0v) is 15.8. The quantitative estimate of drug-likeness (QED) is 0.899. The zero-order valence-electron chi connectivity index (χ0n) is 15.8. The minimum absolute atomic E-state index is 0. The lowest BCUT2D eigenvalue weighted by Gasteiger charge is -2.41. The van der Waals surface area contributed by atoms with Gasteiger partial charge in [0.2, 0.25) is 0 Å². The monoisotopic (exact) mass is 334 g/mol. The number of ether oxygens (including phenoxy) is 1. The van der Waals surface area contributed by atoms with Crippen LogP contribution in [-0.2, 0) is 17.8 Å². The SMILES string of the molecule is CC.CCc1nc(C(C)C)nc2c1COCC1[C@H]3CC[C@@H](CN21)N3.[HH]. The zero-order chi connectivity index (χ0) is 17.3. The second-order valence-corrected chi connectivity index (χ2v) is 7.12. The van der Waals surface area contributed by atoms with Gasteiger partial charge >= 0.3 is 0 Å². The van der Waals surface area contributed by atoms with Crippen molar-refractivity contribution in [1.82, 2.24) is 15.3 Å². The van der Waals surface area contributed by atoms with Gasteiger partial charge in [-0.25, -0.2) is 9.97 Å². The topological polar surface area (TPSA) is 50.3 Å². The molecule has 0 radical (unpaired) electrons. The molecule has 4 rings (SSSR count). The molecule has 3 aliphatic heterocycles. The van der Waals surface area contributed by atoms with Crippen molar-refractivity contribution in [1.29, 1.82) is 0 Å². The highest BCUT2D eigenvalue weighted by molar-refractivity contribution is 5.52. The summed E-state index contributed by atoms with van der Waals surface area (Å²) in [5, 5.41) is 3.75. The van der Waals surface area contributed by atoms with Crippen molar-refractivity contribution in [2.24, 2.45) is 0 Å². The van der Waals surface area contributed by atoms with Crippen molar-refractivity contribution in [3.05, 3.63) is 17.1 Å². The number of nitrogens with one attached hydrogen (secondary N) is 1. The highest BCUT2D eigenvalue weighted by atomic mass is 16.5. The van der Waals surface area contributed by atoms with Gasteiger partial charge in [-0.1, -0.05) is 34.6 Å². The molecular formula is C19H34N4O. The summed E-state index contributed by atoms with van der Waals surface area (Å²) in [6.45, 7) is 13.0. The van der Waals surface area contributed by atoms with E-state index in [2.05, 4.69) is 31.0 Å². The third-order valence-corrected chi connectivity index (χ3v) is 5.30. The van der Waals surface area contributed by atoms with Crippen molar-refractivity contribution in [3.63, 3.8) is 0 Å². The van der Waals surface area contributed by atoms with Gasteiger partial charge in [0.1, 0.15) is 11.6 Å². The molecular weight excluding hydrogens is 300 g/mol. The molecule has 1 N–H and O–H groups in total. The van der Waals surface area contributed by atoms with E-state index in [9.17, 15) is 0 Å². The largest absolute Gasteiger partial charge is 0.374 e. The molecule has 2 bridgehead atoms. The lowest BCUT2D eigenvalue weighted by molar-refractivity contribution is 0.1000. The van der Waals surface area contributed by atoms with Crippen LogP contribution in [0.5, 0.6) is 0 Å². The molecule has 5 nitrogen and oxygen atoms in total. The molecule has 0 spiro atoms. The maximum Gasteiger partial charge on any atom is 0.138 e. The molecule has 1 unspecified atom stereocenters. The first kappa shape index (κ1) is 17.6. The van der Waals surface area contributed by atoms with Crippen LogP contribution in [0.25, 0.3) is 0 Å². The Balaban J connectivity index is 0.000000726. The number of nitrogens with zero attached hydrogens (tertiary/aromatic N) is 3. The Morgan fingerprint density at radius 2 is 2.08 bits per heavy atom. The van der Waals surface area contributed by atoms with Crippen LogP contribution in [0.3, 0.4) is 0 Å². The van der Waals surface area contributed by atoms with Crippen molar-refractivity contribution in [3.8, 4) is 0 Å². The summed E-state index contributed by atoms with van der Waals surface area (Å²) >= 11 is 0. The van der Waals surface area contributed by atoms with E-state index in [4.69, 9.17) is 14.7 Å². The molecule has 0 amide bonds. The van der Waals surface area contributed by atoms with Crippen LogP contribution in [0.1, 0.15) is 71.9 Å². The van der Waals surface area contributed by atoms with Gasteiger partial charge in [-0.3, -0.25) is 0 Å². The second-order valence-electron chi connectivity index (χ2n) is 7.12. The number of hydrogen-bond donors (Lipinski definition) is 1. The molecule has 5 heteroatoms. The van der Waals surface area contributed by atoms with E-state index in [0.717, 1.165) is 31.2 Å². The minimum atomic E-state index is 0. The third-order valence-electron chi connectivity index (χ3n) is 5.30. The Morgan fingerprint density at radius 1 is 1.29 bits per heavy atom. The molecule has 1 aromatic heterocycles. The Bertz CT molecular complexity index is 581. The maximum atomic E-state index is 6.02. The number of rotatable bonds is 2. The molecule has 0 aromatic carbocycles. The first-order valence-electron chi connectivity index (χ1n) is 9.67. The Hall–Kier alpha value is -1.20. The molecule has 4 heterocycles. The van der Waals surface area contributed by atoms with Crippen LogP contribution in [0, 0.1) is 0 Å². The van der Waals surface area contributed by atoms with Crippen LogP contribution < -0.4 is 10.2 Å². The minimum Gasteiger partial charge on any atom is -0.374 e. The highest BCUT2D eigenvalue weighted by Crippen LogP contribution is 2.35. The number of anilines is 1. The summed E-state index contributed by atoms with van der Waals surface area (Å²) in [6, 6.07) is 1.57. The van der Waals surface area contributed by atoms with Crippen LogP contribution >= 0.6 is 0 Å². The Labute approximate surface area is 147 Å². The van der Waals surface area contributed by atoms with E-state index in [1.165, 1.54) is 24.1 Å². The van der Waals surface area contributed by atoms with Crippen LogP contribution in [0.4, 0.5) is 5.82 Å². The summed E-state index contributed by atoms with van der Waals surface area (Å²) in [4.78, 5) is 12.3. The third kappa shape index (κ3) is 3.04. The fourth-order valence-corrected chi connectivity index (χ4v) is 4.09. The van der Waals surface area contributed by atoms with Gasteiger partial charge in [0.05, 0.1) is 24.9 Å². The van der Waals surface area contributed by atoms with Crippen molar-refractivity contribution < 1.29 is 6.16 Å². The number of piperazine rings is 1. The van der Waals surface area contributed by atoms with Crippen LogP contribution in [0.2, 0.25) is 0 Å². The number of fused-ring (bicyclic) bond motifs is 6.